The highest BCUT2D eigenvalue weighted by molar-refractivity contribution is 5.41. The Morgan fingerprint density at radius 1 is 1.38 bits per heavy atom. The Kier molecular flexibility index (Phi) is 3.71. The van der Waals surface area contributed by atoms with Gasteiger partial charge >= 0.3 is 6.18 Å². The van der Waals surface area contributed by atoms with Crippen molar-refractivity contribution < 1.29 is 23.4 Å². The third-order valence-corrected chi connectivity index (χ3v) is 2.07. The van der Waals surface area contributed by atoms with Gasteiger partial charge in [-0.15, -0.1) is 0 Å². The van der Waals surface area contributed by atoms with Gasteiger partial charge in [0.25, 0.3) is 0 Å². The Labute approximate surface area is 89.5 Å². The molecule has 1 aromatic rings. The normalized spacial score (nSPS) is 11.8. The lowest BCUT2D eigenvalue weighted by Crippen LogP contribution is -2.14. The molecule has 4 nitrogen and oxygen atoms in total. The molecule has 7 heteroatoms. The van der Waals surface area contributed by atoms with E-state index in [1.54, 1.807) is 0 Å². The summed E-state index contributed by atoms with van der Waals surface area (Å²) < 4.78 is 36.3. The molecule has 0 unspecified atom stereocenters. The van der Waals surface area contributed by atoms with Crippen LogP contribution < -0.4 is 5.73 Å². The maximum Gasteiger partial charge on any atom is 0.394 e. The topological polar surface area (TPSA) is 79.4 Å². The first-order chi connectivity index (χ1) is 7.39. The minimum Gasteiger partial charge on any atom is -0.506 e. The van der Waals surface area contributed by atoms with Gasteiger partial charge in [-0.25, -0.2) is 0 Å². The first kappa shape index (κ1) is 12.7. The number of hydrogen-bond donors (Lipinski definition) is 3. The molecule has 1 heterocycles. The number of pyridine rings is 1. The van der Waals surface area contributed by atoms with Crippen LogP contribution in [-0.4, -0.2) is 21.4 Å². The van der Waals surface area contributed by atoms with E-state index < -0.39 is 30.6 Å². The summed E-state index contributed by atoms with van der Waals surface area (Å²) in [5, 5.41) is 18.4. The van der Waals surface area contributed by atoms with E-state index in [1.807, 2.05) is 0 Å². The molecule has 0 saturated carbocycles. The van der Waals surface area contributed by atoms with E-state index in [-0.39, 0.29) is 17.7 Å². The molecule has 0 aliphatic heterocycles. The summed E-state index contributed by atoms with van der Waals surface area (Å²) in [7, 11) is 0. The zero-order valence-corrected chi connectivity index (χ0v) is 8.25. The van der Waals surface area contributed by atoms with Crippen molar-refractivity contribution in [1.29, 1.82) is 0 Å². The third-order valence-electron chi connectivity index (χ3n) is 2.07. The van der Waals surface area contributed by atoms with E-state index in [2.05, 4.69) is 4.98 Å². The molecule has 0 fully saturated rings. The Balaban J connectivity index is 3.14. The van der Waals surface area contributed by atoms with Crippen molar-refractivity contribution in [2.45, 2.75) is 25.7 Å². The lowest BCUT2D eigenvalue weighted by atomic mass is 10.1. The number of aliphatic hydroxyl groups excluding tert-OH is 1. The fraction of sp³-hybridized carbons (Fsp3) is 0.444. The second-order valence-electron chi connectivity index (χ2n) is 3.21. The Morgan fingerprint density at radius 2 is 2.00 bits per heavy atom. The van der Waals surface area contributed by atoms with Gasteiger partial charge in [0.1, 0.15) is 5.75 Å². The van der Waals surface area contributed by atoms with Crippen LogP contribution in [0.15, 0.2) is 6.20 Å². The van der Waals surface area contributed by atoms with Gasteiger partial charge in [-0.2, -0.15) is 13.2 Å². The van der Waals surface area contributed by atoms with Gasteiger partial charge in [0.15, 0.2) is 0 Å². The summed E-state index contributed by atoms with van der Waals surface area (Å²) in [5.74, 6) is -0.591. The van der Waals surface area contributed by atoms with E-state index >= 15 is 0 Å². The number of aromatic hydroxyl groups is 1. The monoisotopic (exact) mass is 236 g/mol. The van der Waals surface area contributed by atoms with Crippen molar-refractivity contribution in [3.63, 3.8) is 0 Å². The molecule has 0 atom stereocenters. The highest BCUT2D eigenvalue weighted by Crippen LogP contribution is 2.29. The number of alkyl halides is 3. The maximum absolute atomic E-state index is 12.1. The number of halogens is 3. The van der Waals surface area contributed by atoms with Crippen molar-refractivity contribution in [1.82, 2.24) is 4.98 Å². The van der Waals surface area contributed by atoms with Crippen molar-refractivity contribution in [3.8, 4) is 5.75 Å². The van der Waals surface area contributed by atoms with Gasteiger partial charge in [-0.3, -0.25) is 4.98 Å². The number of aromatic nitrogens is 1. The highest BCUT2D eigenvalue weighted by atomic mass is 19.4. The van der Waals surface area contributed by atoms with Crippen LogP contribution in [0.25, 0.3) is 0 Å². The molecule has 0 aromatic carbocycles. The summed E-state index contributed by atoms with van der Waals surface area (Å²) in [4.78, 5) is 3.46. The van der Waals surface area contributed by atoms with Crippen LogP contribution in [0.1, 0.15) is 16.8 Å². The third kappa shape index (κ3) is 2.83. The smallest absolute Gasteiger partial charge is 0.394 e. The van der Waals surface area contributed by atoms with E-state index in [0.717, 1.165) is 6.20 Å². The number of nitrogens with two attached hydrogens (primary N) is 1. The van der Waals surface area contributed by atoms with Crippen molar-refractivity contribution in [2.24, 2.45) is 5.73 Å². The van der Waals surface area contributed by atoms with Crippen molar-refractivity contribution in [3.05, 3.63) is 23.0 Å². The van der Waals surface area contributed by atoms with Crippen LogP contribution in [0.5, 0.6) is 5.75 Å². The molecule has 0 aliphatic carbocycles. The molecule has 0 radical (unpaired) electrons. The summed E-state index contributed by atoms with van der Waals surface area (Å²) in [6.45, 7) is -0.589. The fourth-order valence-electron chi connectivity index (χ4n) is 1.30. The number of nitrogens with zero attached hydrogens (tertiary/aromatic N) is 1. The molecular weight excluding hydrogens is 225 g/mol. The van der Waals surface area contributed by atoms with Gasteiger partial charge in [0, 0.05) is 23.9 Å². The SMILES string of the molecule is NCc1c(CO)cnc(CC(F)(F)F)c1O. The average Bonchev–Trinajstić information content (AvgIpc) is 2.19. The quantitative estimate of drug-likeness (QED) is 0.726. The zero-order chi connectivity index (χ0) is 12.3. The lowest BCUT2D eigenvalue weighted by molar-refractivity contribution is -0.128. The van der Waals surface area contributed by atoms with Crippen molar-refractivity contribution in [2.75, 3.05) is 0 Å². The predicted molar refractivity (Wildman–Crippen MR) is 49.5 cm³/mol. The van der Waals surface area contributed by atoms with E-state index in [1.165, 1.54) is 0 Å². The standard InChI is InChI=1S/C9H11F3N2O2/c10-9(11,12)1-7-8(16)6(2-13)5(4-15)3-14-7/h3,15-16H,1-2,4,13H2. The second kappa shape index (κ2) is 4.67. The van der Waals surface area contributed by atoms with Crippen LogP contribution in [0.2, 0.25) is 0 Å². The number of hydrogen-bond acceptors (Lipinski definition) is 4. The molecule has 4 N–H and O–H groups in total. The number of aliphatic hydroxyl groups is 1. The minimum atomic E-state index is -4.45. The van der Waals surface area contributed by atoms with Crippen LogP contribution in [0, 0.1) is 0 Å². The summed E-state index contributed by atoms with van der Waals surface area (Å²) >= 11 is 0. The first-order valence-corrected chi connectivity index (χ1v) is 4.45. The largest absolute Gasteiger partial charge is 0.506 e. The Morgan fingerprint density at radius 3 is 2.44 bits per heavy atom. The molecule has 0 amide bonds. The van der Waals surface area contributed by atoms with Crippen LogP contribution >= 0.6 is 0 Å². The molecule has 0 bridgehead atoms. The van der Waals surface area contributed by atoms with E-state index in [0.29, 0.717) is 0 Å². The van der Waals surface area contributed by atoms with Gasteiger partial charge in [-0.1, -0.05) is 0 Å². The summed E-state index contributed by atoms with van der Waals surface area (Å²) in [6.07, 6.45) is -4.68. The van der Waals surface area contributed by atoms with Crippen LogP contribution in [0.3, 0.4) is 0 Å². The fourth-order valence-corrected chi connectivity index (χ4v) is 1.30. The number of rotatable bonds is 3. The molecule has 1 aromatic heterocycles. The molecule has 16 heavy (non-hydrogen) atoms. The molecular formula is C9H11F3N2O2. The van der Waals surface area contributed by atoms with E-state index in [9.17, 15) is 18.3 Å². The van der Waals surface area contributed by atoms with Crippen molar-refractivity contribution >= 4 is 0 Å². The van der Waals surface area contributed by atoms with Gasteiger partial charge in [0.05, 0.1) is 18.7 Å². The maximum atomic E-state index is 12.1. The average molecular weight is 236 g/mol. The second-order valence-corrected chi connectivity index (χ2v) is 3.21. The molecule has 90 valence electrons. The van der Waals surface area contributed by atoms with E-state index in [4.69, 9.17) is 10.8 Å². The van der Waals surface area contributed by atoms with Gasteiger partial charge in [-0.05, 0) is 0 Å². The molecule has 0 saturated heterocycles. The minimum absolute atomic E-state index is 0.0942. The Bertz CT molecular complexity index is 380. The zero-order valence-electron chi connectivity index (χ0n) is 8.25. The first-order valence-electron chi connectivity index (χ1n) is 4.45. The van der Waals surface area contributed by atoms with Gasteiger partial charge in [0.2, 0.25) is 0 Å². The van der Waals surface area contributed by atoms with Crippen LogP contribution in [-0.2, 0) is 19.6 Å². The summed E-state index contributed by atoms with van der Waals surface area (Å²) in [6, 6.07) is 0. The van der Waals surface area contributed by atoms with Crippen LogP contribution in [0.4, 0.5) is 13.2 Å². The molecule has 0 spiro atoms. The summed E-state index contributed by atoms with van der Waals surface area (Å²) in [5.41, 5.74) is 5.12. The highest BCUT2D eigenvalue weighted by Gasteiger charge is 2.30. The Hall–Kier alpha value is -1.34. The molecule has 1 rings (SSSR count). The molecule has 0 aliphatic rings. The van der Waals surface area contributed by atoms with Gasteiger partial charge < -0.3 is 15.9 Å². The lowest BCUT2D eigenvalue weighted by Gasteiger charge is -2.12. The predicted octanol–water partition coefficient (Wildman–Crippen LogP) is 0.843.